The fourth-order valence-corrected chi connectivity index (χ4v) is 3.33. The highest BCUT2D eigenvalue weighted by Crippen LogP contribution is 2.19. The third-order valence-corrected chi connectivity index (χ3v) is 4.41. The highest BCUT2D eigenvalue weighted by molar-refractivity contribution is 5.81. The van der Waals surface area contributed by atoms with Gasteiger partial charge in [-0.2, -0.15) is 0 Å². The van der Waals surface area contributed by atoms with Crippen LogP contribution >= 0.6 is 0 Å². The smallest absolute Gasteiger partial charge is 0.237 e. The van der Waals surface area contributed by atoms with Gasteiger partial charge in [-0.25, -0.2) is 0 Å². The van der Waals surface area contributed by atoms with Gasteiger partial charge in [0.2, 0.25) is 5.91 Å². The molecule has 2 heterocycles. The molecule has 0 aliphatic carbocycles. The topological polar surface area (TPSA) is 44.4 Å². The molecule has 1 unspecified atom stereocenters. The molecule has 4 nitrogen and oxygen atoms in total. The van der Waals surface area contributed by atoms with Crippen molar-refractivity contribution in [2.75, 3.05) is 32.7 Å². The Morgan fingerprint density at radius 2 is 1.95 bits per heavy atom. The molecule has 19 heavy (non-hydrogen) atoms. The molecule has 4 heteroatoms. The van der Waals surface area contributed by atoms with E-state index in [1.165, 1.54) is 19.3 Å². The van der Waals surface area contributed by atoms with E-state index in [1.54, 1.807) is 0 Å². The summed E-state index contributed by atoms with van der Waals surface area (Å²) in [5.41, 5.74) is 0. The van der Waals surface area contributed by atoms with E-state index in [-0.39, 0.29) is 11.9 Å². The van der Waals surface area contributed by atoms with E-state index in [1.807, 2.05) is 0 Å². The summed E-state index contributed by atoms with van der Waals surface area (Å²) in [4.78, 5) is 14.7. The van der Waals surface area contributed by atoms with Gasteiger partial charge in [0.15, 0.2) is 0 Å². The van der Waals surface area contributed by atoms with Gasteiger partial charge < -0.3 is 10.6 Å². The average molecular weight is 267 g/mol. The first-order valence-electron chi connectivity index (χ1n) is 8.03. The number of nitrogens with zero attached hydrogens (tertiary/aromatic N) is 1. The minimum Gasteiger partial charge on any atom is -0.355 e. The Morgan fingerprint density at radius 1 is 1.16 bits per heavy atom. The Balaban J connectivity index is 1.94. The van der Waals surface area contributed by atoms with Gasteiger partial charge in [0.25, 0.3) is 0 Å². The van der Waals surface area contributed by atoms with Gasteiger partial charge in [-0.3, -0.25) is 9.69 Å². The third-order valence-electron chi connectivity index (χ3n) is 4.41. The predicted octanol–water partition coefficient (Wildman–Crippen LogP) is 1.37. The summed E-state index contributed by atoms with van der Waals surface area (Å²) >= 11 is 0. The standard InChI is InChI=1S/C15H29N3O/c1-2-11-18(12-13-6-9-16-10-7-13)14-5-3-4-8-17-15(14)19/h13-14,16H,2-12H2,1H3,(H,17,19). The minimum atomic E-state index is 0.123. The van der Waals surface area contributed by atoms with Crippen LogP contribution < -0.4 is 10.6 Å². The summed E-state index contributed by atoms with van der Waals surface area (Å²) in [6, 6.07) is 0.123. The second-order valence-electron chi connectivity index (χ2n) is 5.99. The van der Waals surface area contributed by atoms with E-state index in [0.717, 1.165) is 57.9 Å². The quantitative estimate of drug-likeness (QED) is 0.791. The van der Waals surface area contributed by atoms with Crippen molar-refractivity contribution in [2.45, 2.75) is 51.5 Å². The first kappa shape index (κ1) is 14.8. The fourth-order valence-electron chi connectivity index (χ4n) is 3.33. The maximum atomic E-state index is 12.2. The zero-order valence-electron chi connectivity index (χ0n) is 12.3. The molecule has 1 amide bonds. The van der Waals surface area contributed by atoms with Crippen molar-refractivity contribution in [1.29, 1.82) is 0 Å². The Labute approximate surface area is 117 Å². The second-order valence-corrected chi connectivity index (χ2v) is 5.99. The van der Waals surface area contributed by atoms with Crippen molar-refractivity contribution in [3.05, 3.63) is 0 Å². The second kappa shape index (κ2) is 7.85. The van der Waals surface area contributed by atoms with Crippen molar-refractivity contribution in [1.82, 2.24) is 15.5 Å². The number of amides is 1. The van der Waals surface area contributed by atoms with Crippen LogP contribution in [0.25, 0.3) is 0 Å². The van der Waals surface area contributed by atoms with Gasteiger partial charge in [-0.05, 0) is 64.1 Å². The summed E-state index contributed by atoms with van der Waals surface area (Å²) in [6.45, 7) is 7.52. The molecule has 0 radical (unpaired) electrons. The van der Waals surface area contributed by atoms with Crippen molar-refractivity contribution in [3.8, 4) is 0 Å². The van der Waals surface area contributed by atoms with E-state index in [9.17, 15) is 4.79 Å². The van der Waals surface area contributed by atoms with Crippen LogP contribution in [0.15, 0.2) is 0 Å². The maximum Gasteiger partial charge on any atom is 0.237 e. The lowest BCUT2D eigenvalue weighted by Gasteiger charge is -2.34. The van der Waals surface area contributed by atoms with Crippen LogP contribution in [0.1, 0.15) is 45.4 Å². The Kier molecular flexibility index (Phi) is 6.11. The minimum absolute atomic E-state index is 0.123. The highest BCUT2D eigenvalue weighted by atomic mass is 16.2. The van der Waals surface area contributed by atoms with Gasteiger partial charge in [0, 0.05) is 13.1 Å². The van der Waals surface area contributed by atoms with E-state index < -0.39 is 0 Å². The largest absolute Gasteiger partial charge is 0.355 e. The third kappa shape index (κ3) is 4.46. The molecule has 2 saturated heterocycles. The normalized spacial score (nSPS) is 26.2. The zero-order chi connectivity index (χ0) is 13.5. The summed E-state index contributed by atoms with van der Waals surface area (Å²) in [6.07, 6.45) is 7.00. The highest BCUT2D eigenvalue weighted by Gasteiger charge is 2.28. The molecule has 1 atom stereocenters. The molecule has 2 rings (SSSR count). The molecule has 2 aliphatic rings. The molecule has 2 fully saturated rings. The lowest BCUT2D eigenvalue weighted by Crippen LogP contribution is -2.48. The van der Waals surface area contributed by atoms with Gasteiger partial charge in [0.1, 0.15) is 0 Å². The Hall–Kier alpha value is -0.610. The molecule has 110 valence electrons. The molecule has 2 aliphatic heterocycles. The number of carbonyl (C=O) groups excluding carboxylic acids is 1. The summed E-state index contributed by atoms with van der Waals surface area (Å²) < 4.78 is 0. The molecule has 0 saturated carbocycles. The monoisotopic (exact) mass is 267 g/mol. The number of nitrogens with one attached hydrogen (secondary N) is 2. The molecule has 0 aromatic heterocycles. The summed E-state index contributed by atoms with van der Waals surface area (Å²) in [5, 5.41) is 6.50. The Bertz CT molecular complexity index is 277. The lowest BCUT2D eigenvalue weighted by molar-refractivity contribution is -0.126. The molecular weight excluding hydrogens is 238 g/mol. The van der Waals surface area contributed by atoms with Gasteiger partial charge in [-0.1, -0.05) is 6.92 Å². The van der Waals surface area contributed by atoms with E-state index in [2.05, 4.69) is 22.5 Å². The van der Waals surface area contributed by atoms with Crippen LogP contribution in [0.3, 0.4) is 0 Å². The van der Waals surface area contributed by atoms with Crippen LogP contribution in [0.4, 0.5) is 0 Å². The van der Waals surface area contributed by atoms with Crippen LogP contribution in [-0.2, 0) is 4.79 Å². The summed E-state index contributed by atoms with van der Waals surface area (Å²) in [7, 11) is 0. The number of rotatable bonds is 5. The SMILES string of the molecule is CCCN(CC1CCNCC1)C1CCCCNC1=O. The van der Waals surface area contributed by atoms with Gasteiger partial charge >= 0.3 is 0 Å². The molecule has 0 bridgehead atoms. The van der Waals surface area contributed by atoms with Crippen LogP contribution in [0.5, 0.6) is 0 Å². The average Bonchev–Trinajstić information content (AvgIpc) is 2.64. The van der Waals surface area contributed by atoms with Crippen molar-refractivity contribution >= 4 is 5.91 Å². The molecule has 2 N–H and O–H groups in total. The van der Waals surface area contributed by atoms with Crippen LogP contribution in [-0.4, -0.2) is 49.6 Å². The first-order valence-corrected chi connectivity index (χ1v) is 8.03. The van der Waals surface area contributed by atoms with Gasteiger partial charge in [0.05, 0.1) is 6.04 Å². The fraction of sp³-hybridized carbons (Fsp3) is 0.933. The lowest BCUT2D eigenvalue weighted by atomic mass is 9.96. The Morgan fingerprint density at radius 3 is 2.68 bits per heavy atom. The van der Waals surface area contributed by atoms with Crippen LogP contribution in [0.2, 0.25) is 0 Å². The number of hydrogen-bond donors (Lipinski definition) is 2. The maximum absolute atomic E-state index is 12.2. The van der Waals surface area contributed by atoms with E-state index in [4.69, 9.17) is 0 Å². The van der Waals surface area contributed by atoms with Crippen molar-refractivity contribution in [3.63, 3.8) is 0 Å². The van der Waals surface area contributed by atoms with E-state index >= 15 is 0 Å². The zero-order valence-corrected chi connectivity index (χ0v) is 12.3. The first-order chi connectivity index (χ1) is 9.31. The van der Waals surface area contributed by atoms with Crippen molar-refractivity contribution < 1.29 is 4.79 Å². The summed E-state index contributed by atoms with van der Waals surface area (Å²) in [5.74, 6) is 1.03. The van der Waals surface area contributed by atoms with Gasteiger partial charge in [-0.15, -0.1) is 0 Å². The molecular formula is C15H29N3O. The molecule has 0 aromatic rings. The van der Waals surface area contributed by atoms with Crippen LogP contribution in [0, 0.1) is 5.92 Å². The van der Waals surface area contributed by atoms with Crippen molar-refractivity contribution in [2.24, 2.45) is 5.92 Å². The number of piperidine rings is 1. The number of carbonyl (C=O) groups is 1. The molecule has 0 aromatic carbocycles. The molecule has 0 spiro atoms. The predicted molar refractivity (Wildman–Crippen MR) is 78.1 cm³/mol. The van der Waals surface area contributed by atoms with E-state index in [0.29, 0.717) is 0 Å². The number of hydrogen-bond acceptors (Lipinski definition) is 3.